The monoisotopic (exact) mass is 262 g/mol. The highest BCUT2D eigenvalue weighted by Gasteiger charge is 2.10. The van der Waals surface area contributed by atoms with Crippen molar-refractivity contribution in [2.75, 3.05) is 0 Å². The fourth-order valence-electron chi connectivity index (χ4n) is 2.08. The summed E-state index contributed by atoms with van der Waals surface area (Å²) < 4.78 is 24.1. The summed E-state index contributed by atoms with van der Waals surface area (Å²) in [7, 11) is -3.33. The average Bonchev–Trinajstić information content (AvgIpc) is 2.38. The van der Waals surface area contributed by atoms with Crippen LogP contribution < -0.4 is 0 Å². The summed E-state index contributed by atoms with van der Waals surface area (Å²) >= 11 is 0. The highest BCUT2D eigenvalue weighted by molar-refractivity contribution is 7.94. The quantitative estimate of drug-likeness (QED) is 0.760. The van der Waals surface area contributed by atoms with Gasteiger partial charge in [0.15, 0.2) is 0 Å². The van der Waals surface area contributed by atoms with Crippen molar-refractivity contribution >= 4 is 9.84 Å². The lowest BCUT2D eigenvalue weighted by Gasteiger charge is -2.10. The minimum atomic E-state index is -3.33. The standard InChI is InChI=1S/C15H18O2S/c1-13-7-9-15(10-8-13)18(16,17)12-11-14-5-3-2-4-6-14/h7-10,12H,2-6H2,1H3. The number of allylic oxidation sites excluding steroid dienone is 1. The van der Waals surface area contributed by atoms with Gasteiger partial charge in [0.1, 0.15) is 0 Å². The molecule has 0 heterocycles. The van der Waals surface area contributed by atoms with Crippen LogP contribution in [0.1, 0.15) is 37.7 Å². The van der Waals surface area contributed by atoms with E-state index in [1.54, 1.807) is 12.1 Å². The lowest BCUT2D eigenvalue weighted by atomic mass is 9.96. The van der Waals surface area contributed by atoms with E-state index in [9.17, 15) is 8.42 Å². The summed E-state index contributed by atoms with van der Waals surface area (Å²) in [6.07, 6.45) is 5.53. The average molecular weight is 262 g/mol. The second-order valence-corrected chi connectivity index (χ2v) is 6.58. The van der Waals surface area contributed by atoms with Crippen LogP contribution in [0.25, 0.3) is 0 Å². The topological polar surface area (TPSA) is 34.1 Å². The molecule has 0 saturated heterocycles. The molecule has 1 aliphatic carbocycles. The van der Waals surface area contributed by atoms with Gasteiger partial charge in [0.25, 0.3) is 0 Å². The Morgan fingerprint density at radius 2 is 1.67 bits per heavy atom. The van der Waals surface area contributed by atoms with Crippen molar-refractivity contribution in [2.24, 2.45) is 0 Å². The Hall–Kier alpha value is -1.31. The van der Waals surface area contributed by atoms with Crippen LogP contribution >= 0.6 is 0 Å². The van der Waals surface area contributed by atoms with Gasteiger partial charge in [-0.05, 0) is 50.3 Å². The highest BCUT2D eigenvalue weighted by Crippen LogP contribution is 2.22. The normalized spacial score (nSPS) is 16.2. The van der Waals surface area contributed by atoms with Crippen LogP contribution in [0, 0.1) is 6.92 Å². The molecule has 0 unspecified atom stereocenters. The summed E-state index contributed by atoms with van der Waals surface area (Å²) in [6.45, 7) is 1.94. The van der Waals surface area contributed by atoms with E-state index in [0.29, 0.717) is 4.90 Å². The van der Waals surface area contributed by atoms with E-state index >= 15 is 0 Å². The number of hydrogen-bond acceptors (Lipinski definition) is 2. The molecule has 1 aliphatic rings. The first-order valence-corrected chi connectivity index (χ1v) is 7.89. The molecule has 0 aromatic heterocycles. The fraction of sp³-hybridized carbons (Fsp3) is 0.400. The van der Waals surface area contributed by atoms with E-state index in [1.807, 2.05) is 19.1 Å². The van der Waals surface area contributed by atoms with Crippen LogP contribution in [0.2, 0.25) is 0 Å². The lowest BCUT2D eigenvalue weighted by Crippen LogP contribution is -1.96. The first-order chi connectivity index (χ1) is 8.58. The molecule has 1 aromatic rings. The second kappa shape index (κ2) is 5.55. The van der Waals surface area contributed by atoms with E-state index in [4.69, 9.17) is 0 Å². The van der Waals surface area contributed by atoms with Crippen molar-refractivity contribution < 1.29 is 8.42 Å². The minimum absolute atomic E-state index is 0.344. The van der Waals surface area contributed by atoms with E-state index in [2.05, 4.69) is 5.73 Å². The van der Waals surface area contributed by atoms with Gasteiger partial charge in [0, 0.05) is 0 Å². The highest BCUT2D eigenvalue weighted by atomic mass is 32.2. The van der Waals surface area contributed by atoms with Crippen LogP contribution in [0.4, 0.5) is 0 Å². The van der Waals surface area contributed by atoms with Crippen molar-refractivity contribution in [2.45, 2.75) is 43.9 Å². The van der Waals surface area contributed by atoms with Gasteiger partial charge in [-0.15, -0.1) is 5.73 Å². The Labute approximate surface area is 109 Å². The Balaban J connectivity index is 2.26. The zero-order valence-electron chi connectivity index (χ0n) is 10.6. The summed E-state index contributed by atoms with van der Waals surface area (Å²) in [5.74, 6) is 0. The summed E-state index contributed by atoms with van der Waals surface area (Å²) in [5.41, 5.74) is 5.17. The largest absolute Gasteiger partial charge is 0.218 e. The molecule has 0 N–H and O–H groups in total. The van der Waals surface area contributed by atoms with Crippen molar-refractivity contribution in [1.29, 1.82) is 0 Å². The smallest absolute Gasteiger partial charge is 0.207 e. The van der Waals surface area contributed by atoms with E-state index < -0.39 is 9.84 Å². The predicted molar refractivity (Wildman–Crippen MR) is 73.0 cm³/mol. The number of sulfone groups is 1. The van der Waals surface area contributed by atoms with Crippen molar-refractivity contribution in [1.82, 2.24) is 0 Å². The SMILES string of the molecule is Cc1ccc(S(=O)(=O)C=C=C2CCCCC2)cc1. The molecule has 0 bridgehead atoms. The molecule has 1 aromatic carbocycles. The Bertz CT molecular complexity index is 565. The Morgan fingerprint density at radius 3 is 2.28 bits per heavy atom. The maximum absolute atomic E-state index is 12.1. The second-order valence-electron chi connectivity index (χ2n) is 4.78. The van der Waals surface area contributed by atoms with Crippen molar-refractivity contribution in [3.63, 3.8) is 0 Å². The van der Waals surface area contributed by atoms with Gasteiger partial charge in [-0.3, -0.25) is 0 Å². The van der Waals surface area contributed by atoms with Crippen molar-refractivity contribution in [3.05, 3.63) is 46.5 Å². The number of benzene rings is 1. The maximum atomic E-state index is 12.1. The third kappa shape index (κ3) is 3.34. The third-order valence-electron chi connectivity index (χ3n) is 3.22. The van der Waals surface area contributed by atoms with Gasteiger partial charge in [-0.25, -0.2) is 8.42 Å². The molecule has 0 radical (unpaired) electrons. The Morgan fingerprint density at radius 1 is 1.06 bits per heavy atom. The van der Waals surface area contributed by atoms with E-state index in [1.165, 1.54) is 11.8 Å². The van der Waals surface area contributed by atoms with Crippen LogP contribution in [0.5, 0.6) is 0 Å². The predicted octanol–water partition coefficient (Wildman–Crippen LogP) is 3.77. The molecule has 3 heteroatoms. The molecule has 1 fully saturated rings. The fourth-order valence-corrected chi connectivity index (χ4v) is 3.05. The molecule has 96 valence electrons. The van der Waals surface area contributed by atoms with Gasteiger partial charge in [0.05, 0.1) is 10.3 Å². The van der Waals surface area contributed by atoms with E-state index in [-0.39, 0.29) is 0 Å². The molecule has 2 rings (SSSR count). The molecular weight excluding hydrogens is 244 g/mol. The molecule has 0 atom stereocenters. The molecule has 1 saturated carbocycles. The van der Waals surface area contributed by atoms with Gasteiger partial charge >= 0.3 is 0 Å². The third-order valence-corrected chi connectivity index (χ3v) is 4.58. The first-order valence-electron chi connectivity index (χ1n) is 6.34. The van der Waals surface area contributed by atoms with Gasteiger partial charge in [-0.1, -0.05) is 24.1 Å². The summed E-state index contributed by atoms with van der Waals surface area (Å²) in [5, 5.41) is 1.23. The summed E-state index contributed by atoms with van der Waals surface area (Å²) in [4.78, 5) is 0.344. The summed E-state index contributed by atoms with van der Waals surface area (Å²) in [6, 6.07) is 6.92. The van der Waals surface area contributed by atoms with Crippen molar-refractivity contribution in [3.8, 4) is 0 Å². The van der Waals surface area contributed by atoms with Crippen LogP contribution in [0.3, 0.4) is 0 Å². The van der Waals surface area contributed by atoms with Gasteiger partial charge < -0.3 is 0 Å². The number of rotatable bonds is 2. The zero-order valence-corrected chi connectivity index (χ0v) is 11.5. The van der Waals surface area contributed by atoms with Crippen LogP contribution in [-0.4, -0.2) is 8.42 Å². The van der Waals surface area contributed by atoms with E-state index in [0.717, 1.165) is 36.8 Å². The lowest BCUT2D eigenvalue weighted by molar-refractivity contribution is 0.598. The molecule has 0 amide bonds. The van der Waals surface area contributed by atoms with Gasteiger partial charge in [0.2, 0.25) is 9.84 Å². The number of aryl methyl sites for hydroxylation is 1. The van der Waals surface area contributed by atoms with Gasteiger partial charge in [-0.2, -0.15) is 0 Å². The molecule has 0 aliphatic heterocycles. The Kier molecular flexibility index (Phi) is 4.05. The van der Waals surface area contributed by atoms with Crippen LogP contribution in [0.15, 0.2) is 45.9 Å². The maximum Gasteiger partial charge on any atom is 0.207 e. The molecule has 0 spiro atoms. The minimum Gasteiger partial charge on any atom is -0.218 e. The molecular formula is C15H18O2S. The first kappa shape index (κ1) is 13.1. The zero-order chi connectivity index (χ0) is 13.0. The molecule has 2 nitrogen and oxygen atoms in total. The molecule has 18 heavy (non-hydrogen) atoms. The number of hydrogen-bond donors (Lipinski definition) is 0. The van der Waals surface area contributed by atoms with Crippen LogP contribution in [-0.2, 0) is 9.84 Å².